The molecule has 0 saturated heterocycles. The summed E-state index contributed by atoms with van der Waals surface area (Å²) < 4.78 is 7.93. The molecule has 0 spiro atoms. The minimum atomic E-state index is 0.0481. The lowest BCUT2D eigenvalue weighted by Crippen LogP contribution is -2.36. The number of ether oxygens (including phenoxy) is 1. The number of nitrogens with zero attached hydrogens (tertiary/aromatic N) is 4. The Bertz CT molecular complexity index is 929. The molecule has 2 aromatic carbocycles. The van der Waals surface area contributed by atoms with Crippen LogP contribution in [-0.2, 0) is 24.4 Å². The number of rotatable bonds is 5. The topological polar surface area (TPSA) is 75.8 Å². The van der Waals surface area contributed by atoms with Crippen molar-refractivity contribution in [3.05, 3.63) is 71.4 Å². The first-order valence-corrected chi connectivity index (χ1v) is 8.62. The maximum absolute atomic E-state index is 8.96. The molecule has 6 heteroatoms. The molecule has 1 N–H and O–H groups in total. The Morgan fingerprint density at radius 1 is 1.19 bits per heavy atom. The Labute approximate surface area is 152 Å². The molecule has 6 nitrogen and oxygen atoms in total. The average Bonchev–Trinajstić information content (AvgIpc) is 3.12. The molecule has 0 radical (unpaired) electrons. The number of aromatic nitrogens is 3. The van der Waals surface area contributed by atoms with Gasteiger partial charge in [-0.25, -0.2) is 4.68 Å². The van der Waals surface area contributed by atoms with Crippen LogP contribution in [-0.4, -0.2) is 27.6 Å². The van der Waals surface area contributed by atoms with Gasteiger partial charge >= 0.3 is 0 Å². The second-order valence-corrected chi connectivity index (χ2v) is 6.31. The molecule has 0 amide bonds. The molecule has 1 aliphatic heterocycles. The Balaban J connectivity index is 1.36. The Morgan fingerprint density at radius 3 is 2.92 bits per heavy atom. The zero-order chi connectivity index (χ0) is 17.8. The van der Waals surface area contributed by atoms with E-state index in [-0.39, 0.29) is 6.10 Å². The van der Waals surface area contributed by atoms with E-state index in [4.69, 9.17) is 10.00 Å². The molecule has 0 saturated carbocycles. The fourth-order valence-corrected chi connectivity index (χ4v) is 3.14. The summed E-state index contributed by atoms with van der Waals surface area (Å²) in [6.45, 7) is 2.61. The molecule has 2 heterocycles. The number of hydrogen-bond donors (Lipinski definition) is 1. The van der Waals surface area contributed by atoms with Crippen LogP contribution in [0.4, 0.5) is 0 Å². The molecule has 0 bridgehead atoms. The summed E-state index contributed by atoms with van der Waals surface area (Å²) in [6, 6.07) is 19.8. The highest BCUT2D eigenvalue weighted by atomic mass is 16.5. The van der Waals surface area contributed by atoms with Gasteiger partial charge in [0.15, 0.2) is 0 Å². The number of nitriles is 1. The normalized spacial score (nSPS) is 16.0. The van der Waals surface area contributed by atoms with E-state index in [0.717, 1.165) is 29.1 Å². The molecule has 130 valence electrons. The molecule has 0 aliphatic carbocycles. The average molecular weight is 345 g/mol. The van der Waals surface area contributed by atoms with Crippen LogP contribution in [0.2, 0.25) is 0 Å². The molecule has 0 fully saturated rings. The highest BCUT2D eigenvalue weighted by Gasteiger charge is 2.24. The van der Waals surface area contributed by atoms with Crippen LogP contribution in [0.3, 0.4) is 0 Å². The number of hydrogen-bond acceptors (Lipinski definition) is 5. The van der Waals surface area contributed by atoms with Crippen LogP contribution in [0.25, 0.3) is 11.3 Å². The molecular formula is C20H19N5O. The fraction of sp³-hybridized carbons (Fsp3) is 0.250. The molecule has 1 aromatic heterocycles. The van der Waals surface area contributed by atoms with Gasteiger partial charge in [-0.1, -0.05) is 47.7 Å². The predicted octanol–water partition coefficient (Wildman–Crippen LogP) is 2.51. The van der Waals surface area contributed by atoms with Crippen LogP contribution in [0, 0.1) is 11.3 Å². The first kappa shape index (κ1) is 16.5. The van der Waals surface area contributed by atoms with Crippen LogP contribution in [0.5, 0.6) is 0 Å². The van der Waals surface area contributed by atoms with Gasteiger partial charge in [-0.05, 0) is 17.7 Å². The summed E-state index contributed by atoms with van der Waals surface area (Å²) in [5.41, 5.74) is 4.75. The SMILES string of the molecule is N#Cc1cccc(CNCC2Cn3nnc(-c4ccccc4)c3CO2)c1. The largest absolute Gasteiger partial charge is 0.369 e. The quantitative estimate of drug-likeness (QED) is 0.769. The lowest BCUT2D eigenvalue weighted by Gasteiger charge is -2.24. The maximum atomic E-state index is 8.96. The Kier molecular flexibility index (Phi) is 4.73. The molecule has 26 heavy (non-hydrogen) atoms. The van der Waals surface area contributed by atoms with Gasteiger partial charge in [0, 0.05) is 18.7 Å². The zero-order valence-corrected chi connectivity index (χ0v) is 14.3. The van der Waals surface area contributed by atoms with Crippen molar-refractivity contribution >= 4 is 0 Å². The summed E-state index contributed by atoms with van der Waals surface area (Å²) in [5, 5.41) is 21.0. The third-order valence-electron chi connectivity index (χ3n) is 4.47. The van der Waals surface area contributed by atoms with Gasteiger partial charge in [0.05, 0.1) is 36.6 Å². The van der Waals surface area contributed by atoms with Crippen molar-refractivity contribution in [2.24, 2.45) is 0 Å². The first-order valence-electron chi connectivity index (χ1n) is 8.62. The van der Waals surface area contributed by atoms with Gasteiger partial charge in [0.2, 0.25) is 0 Å². The van der Waals surface area contributed by atoms with Gasteiger partial charge in [-0.3, -0.25) is 0 Å². The molecule has 1 atom stereocenters. The summed E-state index contributed by atoms with van der Waals surface area (Å²) in [5.74, 6) is 0. The summed E-state index contributed by atoms with van der Waals surface area (Å²) in [6.07, 6.45) is 0.0481. The number of nitrogens with one attached hydrogen (secondary N) is 1. The van der Waals surface area contributed by atoms with E-state index in [2.05, 4.69) is 21.7 Å². The van der Waals surface area contributed by atoms with Gasteiger partial charge in [-0.15, -0.1) is 5.10 Å². The lowest BCUT2D eigenvalue weighted by molar-refractivity contribution is 0.00125. The molecule has 3 aromatic rings. The monoisotopic (exact) mass is 345 g/mol. The Morgan fingerprint density at radius 2 is 2.08 bits per heavy atom. The molecule has 1 unspecified atom stereocenters. The van der Waals surface area contributed by atoms with Crippen molar-refractivity contribution in [3.63, 3.8) is 0 Å². The fourth-order valence-electron chi connectivity index (χ4n) is 3.14. The van der Waals surface area contributed by atoms with Gasteiger partial charge in [0.1, 0.15) is 5.69 Å². The molecular weight excluding hydrogens is 326 g/mol. The maximum Gasteiger partial charge on any atom is 0.118 e. The van der Waals surface area contributed by atoms with E-state index in [1.807, 2.05) is 59.3 Å². The van der Waals surface area contributed by atoms with E-state index in [1.165, 1.54) is 0 Å². The first-order chi connectivity index (χ1) is 12.8. The van der Waals surface area contributed by atoms with Crippen molar-refractivity contribution < 1.29 is 4.74 Å². The van der Waals surface area contributed by atoms with Crippen LogP contribution < -0.4 is 5.32 Å². The van der Waals surface area contributed by atoms with E-state index >= 15 is 0 Å². The smallest absolute Gasteiger partial charge is 0.118 e. The zero-order valence-electron chi connectivity index (χ0n) is 14.3. The van der Waals surface area contributed by atoms with Crippen LogP contribution in [0.15, 0.2) is 54.6 Å². The third-order valence-corrected chi connectivity index (χ3v) is 4.47. The van der Waals surface area contributed by atoms with Crippen LogP contribution in [0.1, 0.15) is 16.8 Å². The highest BCUT2D eigenvalue weighted by molar-refractivity contribution is 5.61. The van der Waals surface area contributed by atoms with Crippen molar-refractivity contribution in [2.45, 2.75) is 25.8 Å². The van der Waals surface area contributed by atoms with Gasteiger partial charge < -0.3 is 10.1 Å². The number of fused-ring (bicyclic) bond motifs is 1. The second-order valence-electron chi connectivity index (χ2n) is 6.31. The van der Waals surface area contributed by atoms with E-state index in [9.17, 15) is 0 Å². The van der Waals surface area contributed by atoms with E-state index in [0.29, 0.717) is 25.3 Å². The minimum Gasteiger partial charge on any atom is -0.369 e. The highest BCUT2D eigenvalue weighted by Crippen LogP contribution is 2.24. The van der Waals surface area contributed by atoms with Gasteiger partial charge in [0.25, 0.3) is 0 Å². The second kappa shape index (κ2) is 7.48. The lowest BCUT2D eigenvalue weighted by atomic mass is 10.1. The number of benzene rings is 2. The summed E-state index contributed by atoms with van der Waals surface area (Å²) in [4.78, 5) is 0. The van der Waals surface area contributed by atoms with Gasteiger partial charge in [-0.2, -0.15) is 5.26 Å². The van der Waals surface area contributed by atoms with Crippen molar-refractivity contribution in [1.29, 1.82) is 5.26 Å². The summed E-state index contributed by atoms with van der Waals surface area (Å²) in [7, 11) is 0. The standard InChI is InChI=1S/C20H19N5O/c21-10-15-5-4-6-16(9-15)11-22-12-18-13-25-19(14-26-18)20(23-24-25)17-7-2-1-3-8-17/h1-9,18,22H,11-14H2. The Hall–Kier alpha value is -3.01. The van der Waals surface area contributed by atoms with Crippen LogP contribution >= 0.6 is 0 Å². The third kappa shape index (κ3) is 3.49. The molecule has 4 rings (SSSR count). The summed E-state index contributed by atoms with van der Waals surface area (Å²) >= 11 is 0. The van der Waals surface area contributed by atoms with Crippen molar-refractivity contribution in [3.8, 4) is 17.3 Å². The van der Waals surface area contributed by atoms with E-state index < -0.39 is 0 Å². The van der Waals surface area contributed by atoms with Crippen molar-refractivity contribution in [2.75, 3.05) is 6.54 Å². The molecule has 1 aliphatic rings. The van der Waals surface area contributed by atoms with Crippen molar-refractivity contribution in [1.82, 2.24) is 20.3 Å². The minimum absolute atomic E-state index is 0.0481. The van der Waals surface area contributed by atoms with E-state index in [1.54, 1.807) is 0 Å². The predicted molar refractivity (Wildman–Crippen MR) is 96.9 cm³/mol.